The molecule has 0 N–H and O–H groups in total. The summed E-state index contributed by atoms with van der Waals surface area (Å²) >= 11 is 0. The minimum absolute atomic E-state index is 0.0995. The molecule has 0 aliphatic carbocycles. The first-order valence-electron chi connectivity index (χ1n) is 7.47. The maximum Gasteiger partial charge on any atom is 0.254 e. The van der Waals surface area contributed by atoms with Gasteiger partial charge in [-0.2, -0.15) is 0 Å². The molecule has 4 rings (SSSR count). The second kappa shape index (κ2) is 5.05. The van der Waals surface area contributed by atoms with Crippen molar-refractivity contribution in [3.63, 3.8) is 0 Å². The minimum Gasteiger partial charge on any atom is -0.340 e. The summed E-state index contributed by atoms with van der Waals surface area (Å²) in [5.41, 5.74) is 0.924. The van der Waals surface area contributed by atoms with Gasteiger partial charge in [0.05, 0.1) is 0 Å². The van der Waals surface area contributed by atoms with Crippen LogP contribution in [0.1, 0.15) is 16.8 Å². The summed E-state index contributed by atoms with van der Waals surface area (Å²) in [5, 5.41) is 0. The number of carbonyl (C=O) groups is 1. The van der Waals surface area contributed by atoms with Crippen LogP contribution in [0.2, 0.25) is 0 Å². The third kappa shape index (κ3) is 2.20. The van der Waals surface area contributed by atoms with E-state index in [1.54, 1.807) is 36.9 Å². The average Bonchev–Trinajstić information content (AvgIpc) is 3.00. The van der Waals surface area contributed by atoms with Crippen molar-refractivity contribution < 1.29 is 4.79 Å². The summed E-state index contributed by atoms with van der Waals surface area (Å²) < 4.78 is 0. The number of carbonyl (C=O) groups excluding carboxylic acids is 1. The Hall–Kier alpha value is -2.50. The van der Waals surface area contributed by atoms with Crippen molar-refractivity contribution in [2.75, 3.05) is 31.1 Å². The summed E-state index contributed by atoms with van der Waals surface area (Å²) in [6.45, 7) is 3.52. The molecule has 2 aromatic rings. The highest BCUT2D eigenvalue weighted by atomic mass is 16.2. The monoisotopic (exact) mass is 295 g/mol. The van der Waals surface area contributed by atoms with Crippen molar-refractivity contribution in [1.29, 1.82) is 0 Å². The first-order valence-corrected chi connectivity index (χ1v) is 7.47. The molecule has 2 aliphatic heterocycles. The molecule has 0 saturated carbocycles. The van der Waals surface area contributed by atoms with E-state index >= 15 is 0 Å². The van der Waals surface area contributed by atoms with Crippen LogP contribution in [0.15, 0.2) is 43.0 Å². The third-order valence-corrected chi connectivity index (χ3v) is 4.54. The van der Waals surface area contributed by atoms with Gasteiger partial charge in [-0.15, -0.1) is 0 Å². The summed E-state index contributed by atoms with van der Waals surface area (Å²) in [4.78, 5) is 29.1. The van der Waals surface area contributed by atoms with Gasteiger partial charge in [-0.25, -0.2) is 9.97 Å². The quantitative estimate of drug-likeness (QED) is 0.834. The number of hydrogen-bond donors (Lipinski definition) is 0. The lowest BCUT2D eigenvalue weighted by Crippen LogP contribution is -2.59. The molecule has 6 heteroatoms. The van der Waals surface area contributed by atoms with Crippen LogP contribution >= 0.6 is 0 Å². The van der Waals surface area contributed by atoms with Gasteiger partial charge in [0.2, 0.25) is 5.95 Å². The third-order valence-electron chi connectivity index (χ3n) is 4.54. The number of nitrogens with zero attached hydrogens (tertiary/aromatic N) is 5. The number of anilines is 1. The molecular weight excluding hydrogens is 278 g/mol. The molecule has 22 heavy (non-hydrogen) atoms. The fourth-order valence-corrected chi connectivity index (χ4v) is 3.40. The highest BCUT2D eigenvalue weighted by Gasteiger charge is 2.49. The number of likely N-dealkylation sites (tertiary alicyclic amines) is 1. The standard InChI is InChI=1S/C16H17N5O/c22-14(13-2-7-17-8-3-13)21-11-16(12-21)4-9-20(10-16)15-18-5-1-6-19-15/h1-3,5-8H,4,9-12H2. The smallest absolute Gasteiger partial charge is 0.254 e. The molecule has 0 radical (unpaired) electrons. The second-order valence-corrected chi connectivity index (χ2v) is 6.12. The minimum atomic E-state index is 0.0995. The number of hydrogen-bond acceptors (Lipinski definition) is 5. The lowest BCUT2D eigenvalue weighted by atomic mass is 9.79. The van der Waals surface area contributed by atoms with E-state index in [4.69, 9.17) is 0 Å². The largest absolute Gasteiger partial charge is 0.340 e. The predicted octanol–water partition coefficient (Wildman–Crippen LogP) is 1.22. The van der Waals surface area contributed by atoms with E-state index in [1.165, 1.54) is 0 Å². The molecule has 2 fully saturated rings. The predicted molar refractivity (Wildman–Crippen MR) is 81.4 cm³/mol. The molecule has 0 bridgehead atoms. The molecule has 2 aromatic heterocycles. The topological polar surface area (TPSA) is 62.2 Å². The van der Waals surface area contributed by atoms with Gasteiger partial charge in [0, 0.05) is 61.9 Å². The Morgan fingerprint density at radius 3 is 2.50 bits per heavy atom. The fraction of sp³-hybridized carbons (Fsp3) is 0.375. The Balaban J connectivity index is 1.40. The first kappa shape index (κ1) is 13.2. The van der Waals surface area contributed by atoms with Gasteiger partial charge >= 0.3 is 0 Å². The first-order chi connectivity index (χ1) is 10.8. The fourth-order valence-electron chi connectivity index (χ4n) is 3.40. The molecule has 2 aliphatic rings. The van der Waals surface area contributed by atoms with Crippen LogP contribution in [-0.2, 0) is 0 Å². The second-order valence-electron chi connectivity index (χ2n) is 6.12. The highest BCUT2D eigenvalue weighted by Crippen LogP contribution is 2.40. The van der Waals surface area contributed by atoms with Crippen molar-refractivity contribution >= 4 is 11.9 Å². The lowest BCUT2D eigenvalue weighted by molar-refractivity contribution is 0.0167. The van der Waals surface area contributed by atoms with Crippen LogP contribution < -0.4 is 4.90 Å². The van der Waals surface area contributed by atoms with Gasteiger partial charge in [0.1, 0.15) is 0 Å². The maximum atomic E-state index is 12.4. The van der Waals surface area contributed by atoms with Crippen LogP contribution in [0.5, 0.6) is 0 Å². The van der Waals surface area contributed by atoms with Crippen LogP contribution in [0.25, 0.3) is 0 Å². The zero-order valence-corrected chi connectivity index (χ0v) is 12.2. The molecule has 4 heterocycles. The van der Waals surface area contributed by atoms with Gasteiger partial charge < -0.3 is 9.80 Å². The van der Waals surface area contributed by atoms with Crippen molar-refractivity contribution in [2.45, 2.75) is 6.42 Å². The normalized spacial score (nSPS) is 19.3. The van der Waals surface area contributed by atoms with Crippen LogP contribution in [0, 0.1) is 5.41 Å². The summed E-state index contributed by atoms with van der Waals surface area (Å²) in [6.07, 6.45) is 7.95. The van der Waals surface area contributed by atoms with Gasteiger partial charge in [-0.3, -0.25) is 9.78 Å². The van der Waals surface area contributed by atoms with E-state index in [0.717, 1.165) is 38.5 Å². The number of pyridine rings is 1. The molecule has 0 aromatic carbocycles. The van der Waals surface area contributed by atoms with Crippen LogP contribution in [-0.4, -0.2) is 51.9 Å². The van der Waals surface area contributed by atoms with Gasteiger partial charge in [0.25, 0.3) is 5.91 Å². The Morgan fingerprint density at radius 2 is 1.77 bits per heavy atom. The van der Waals surface area contributed by atoms with E-state index in [0.29, 0.717) is 5.56 Å². The summed E-state index contributed by atoms with van der Waals surface area (Å²) in [5.74, 6) is 0.890. The van der Waals surface area contributed by atoms with E-state index < -0.39 is 0 Å². The summed E-state index contributed by atoms with van der Waals surface area (Å²) in [6, 6.07) is 5.37. The molecule has 6 nitrogen and oxygen atoms in total. The highest BCUT2D eigenvalue weighted by molar-refractivity contribution is 5.94. The van der Waals surface area contributed by atoms with Gasteiger partial charge in [0.15, 0.2) is 0 Å². The number of aromatic nitrogens is 3. The molecule has 1 amide bonds. The van der Waals surface area contributed by atoms with Crippen molar-refractivity contribution in [3.05, 3.63) is 48.5 Å². The molecule has 2 saturated heterocycles. The Bertz CT molecular complexity index is 669. The SMILES string of the molecule is O=C(c1ccncc1)N1CC2(CCN(c3ncccn3)C2)C1. The maximum absolute atomic E-state index is 12.4. The lowest BCUT2D eigenvalue weighted by Gasteiger charge is -2.48. The molecule has 0 unspecified atom stereocenters. The van der Waals surface area contributed by atoms with Gasteiger partial charge in [-0.1, -0.05) is 0 Å². The molecule has 0 atom stereocenters. The average molecular weight is 295 g/mol. The summed E-state index contributed by atoms with van der Waals surface area (Å²) in [7, 11) is 0. The molecule has 112 valence electrons. The van der Waals surface area contributed by atoms with Crippen LogP contribution in [0.3, 0.4) is 0 Å². The Kier molecular flexibility index (Phi) is 3.03. The van der Waals surface area contributed by atoms with Crippen molar-refractivity contribution in [2.24, 2.45) is 5.41 Å². The molecular formula is C16H17N5O. The van der Waals surface area contributed by atoms with Crippen molar-refractivity contribution in [1.82, 2.24) is 19.9 Å². The Labute approximate surface area is 128 Å². The van der Waals surface area contributed by atoms with E-state index in [-0.39, 0.29) is 11.3 Å². The van der Waals surface area contributed by atoms with E-state index in [1.807, 2.05) is 11.0 Å². The number of rotatable bonds is 2. The molecule has 1 spiro atoms. The zero-order valence-electron chi connectivity index (χ0n) is 12.2. The van der Waals surface area contributed by atoms with E-state index in [2.05, 4.69) is 19.9 Å². The van der Waals surface area contributed by atoms with Crippen molar-refractivity contribution in [3.8, 4) is 0 Å². The van der Waals surface area contributed by atoms with E-state index in [9.17, 15) is 4.79 Å². The van der Waals surface area contributed by atoms with Gasteiger partial charge in [-0.05, 0) is 24.6 Å². The van der Waals surface area contributed by atoms with Crippen LogP contribution in [0.4, 0.5) is 5.95 Å². The Morgan fingerprint density at radius 1 is 1.05 bits per heavy atom. The zero-order chi connectivity index (χ0) is 15.0. The number of amides is 1.